The molecule has 2 heterocycles. The number of pyridine rings is 1. The lowest BCUT2D eigenvalue weighted by Crippen LogP contribution is -2.40. The average Bonchev–Trinajstić information content (AvgIpc) is 2.91. The van der Waals surface area contributed by atoms with Crippen molar-refractivity contribution in [3.05, 3.63) is 69.6 Å². The lowest BCUT2D eigenvalue weighted by Gasteiger charge is -2.28. The van der Waals surface area contributed by atoms with Crippen molar-refractivity contribution in [2.45, 2.75) is 59.0 Å². The van der Waals surface area contributed by atoms with E-state index in [0.29, 0.717) is 19.4 Å². The topological polar surface area (TPSA) is 54.7 Å². The molecule has 1 aliphatic heterocycles. The number of carbonyl (C=O) groups is 1. The third-order valence-corrected chi connectivity index (χ3v) is 4.87. The number of hydrazone groups is 1. The van der Waals surface area contributed by atoms with E-state index in [0.717, 1.165) is 17.7 Å². The summed E-state index contributed by atoms with van der Waals surface area (Å²) in [6.45, 7) is 8.78. The van der Waals surface area contributed by atoms with E-state index in [4.69, 9.17) is 0 Å². The SMILES string of the molecule is Cc1cc(C)cc(C2=NN(C(=O)CCCn3ccccc3=O)C(C)(C)C2)c1. The van der Waals surface area contributed by atoms with E-state index < -0.39 is 0 Å². The minimum Gasteiger partial charge on any atom is -0.316 e. The first kappa shape index (κ1) is 19.1. The number of hydrogen-bond donors (Lipinski definition) is 0. The van der Waals surface area contributed by atoms with Crippen LogP contribution < -0.4 is 5.56 Å². The van der Waals surface area contributed by atoms with Crippen LogP contribution in [-0.2, 0) is 11.3 Å². The zero-order valence-electron chi connectivity index (χ0n) is 16.5. The number of aryl methyl sites for hydroxylation is 3. The van der Waals surface area contributed by atoms with E-state index in [1.54, 1.807) is 21.8 Å². The molecule has 27 heavy (non-hydrogen) atoms. The summed E-state index contributed by atoms with van der Waals surface area (Å²) < 4.78 is 1.63. The van der Waals surface area contributed by atoms with Crippen molar-refractivity contribution >= 4 is 11.6 Å². The summed E-state index contributed by atoms with van der Waals surface area (Å²) in [7, 11) is 0. The fraction of sp³-hybridized carbons (Fsp3) is 0.409. The zero-order chi connectivity index (χ0) is 19.6. The van der Waals surface area contributed by atoms with Gasteiger partial charge in [0.2, 0.25) is 11.5 Å². The summed E-state index contributed by atoms with van der Waals surface area (Å²) in [5, 5.41) is 6.30. The molecule has 0 bridgehead atoms. The van der Waals surface area contributed by atoms with Gasteiger partial charge in [0.15, 0.2) is 0 Å². The van der Waals surface area contributed by atoms with Gasteiger partial charge in [0.05, 0.1) is 11.3 Å². The molecule has 0 atom stereocenters. The lowest BCUT2D eigenvalue weighted by molar-refractivity contribution is -0.135. The Morgan fingerprint density at radius 1 is 1.15 bits per heavy atom. The second-order valence-electron chi connectivity index (χ2n) is 7.95. The van der Waals surface area contributed by atoms with Crippen LogP contribution in [0.2, 0.25) is 0 Å². The summed E-state index contributed by atoms with van der Waals surface area (Å²) in [4.78, 5) is 24.5. The fourth-order valence-corrected chi connectivity index (χ4v) is 3.62. The Morgan fingerprint density at radius 2 is 1.85 bits per heavy atom. The number of carbonyl (C=O) groups excluding carboxylic acids is 1. The number of rotatable bonds is 5. The number of aromatic nitrogens is 1. The molecule has 0 N–H and O–H groups in total. The van der Waals surface area contributed by atoms with Crippen molar-refractivity contribution in [1.82, 2.24) is 9.58 Å². The Bertz CT molecular complexity index is 920. The number of amides is 1. The van der Waals surface area contributed by atoms with Gasteiger partial charge in [0.1, 0.15) is 0 Å². The van der Waals surface area contributed by atoms with Gasteiger partial charge in [0, 0.05) is 31.6 Å². The van der Waals surface area contributed by atoms with Gasteiger partial charge in [-0.2, -0.15) is 5.10 Å². The van der Waals surface area contributed by atoms with E-state index in [2.05, 4.69) is 37.1 Å². The van der Waals surface area contributed by atoms with E-state index in [-0.39, 0.29) is 17.0 Å². The largest absolute Gasteiger partial charge is 0.316 e. The highest BCUT2D eigenvalue weighted by Crippen LogP contribution is 2.30. The number of nitrogens with zero attached hydrogens (tertiary/aromatic N) is 3. The molecule has 2 aromatic rings. The molecule has 0 saturated heterocycles. The number of hydrogen-bond acceptors (Lipinski definition) is 3. The predicted octanol–water partition coefficient (Wildman–Crippen LogP) is 3.66. The quantitative estimate of drug-likeness (QED) is 0.812. The highest BCUT2D eigenvalue weighted by Gasteiger charge is 2.38. The first-order valence-corrected chi connectivity index (χ1v) is 9.41. The summed E-state index contributed by atoms with van der Waals surface area (Å²) in [6.07, 6.45) is 3.47. The molecule has 0 saturated carbocycles. The van der Waals surface area contributed by atoms with Crippen LogP contribution in [0.15, 0.2) is 52.5 Å². The molecule has 0 radical (unpaired) electrons. The predicted molar refractivity (Wildman–Crippen MR) is 108 cm³/mol. The van der Waals surface area contributed by atoms with Gasteiger partial charge >= 0.3 is 0 Å². The van der Waals surface area contributed by atoms with E-state index >= 15 is 0 Å². The molecule has 1 amide bonds. The van der Waals surface area contributed by atoms with E-state index in [9.17, 15) is 9.59 Å². The van der Waals surface area contributed by atoms with Gasteiger partial charge in [-0.3, -0.25) is 9.59 Å². The number of benzene rings is 1. The third kappa shape index (κ3) is 4.35. The van der Waals surface area contributed by atoms with Crippen molar-refractivity contribution in [1.29, 1.82) is 0 Å². The summed E-state index contributed by atoms with van der Waals surface area (Å²) in [5.74, 6) is 0.00311. The lowest BCUT2D eigenvalue weighted by atomic mass is 9.93. The first-order valence-electron chi connectivity index (χ1n) is 9.41. The Morgan fingerprint density at radius 3 is 2.52 bits per heavy atom. The van der Waals surface area contributed by atoms with Gasteiger partial charge in [-0.1, -0.05) is 35.4 Å². The highest BCUT2D eigenvalue weighted by molar-refractivity contribution is 6.03. The van der Waals surface area contributed by atoms with Crippen LogP contribution in [0.25, 0.3) is 0 Å². The normalized spacial score (nSPS) is 15.7. The van der Waals surface area contributed by atoms with Crippen LogP contribution in [-0.4, -0.2) is 26.7 Å². The zero-order valence-corrected chi connectivity index (χ0v) is 16.5. The Balaban J connectivity index is 1.70. The Labute approximate surface area is 160 Å². The molecule has 1 aliphatic rings. The van der Waals surface area contributed by atoms with Crippen LogP contribution in [0.1, 0.15) is 49.8 Å². The Hall–Kier alpha value is -2.69. The minimum absolute atomic E-state index is 0.00311. The highest BCUT2D eigenvalue weighted by atomic mass is 16.2. The van der Waals surface area contributed by atoms with Crippen molar-refractivity contribution in [2.75, 3.05) is 0 Å². The maximum Gasteiger partial charge on any atom is 0.250 e. The van der Waals surface area contributed by atoms with Crippen LogP contribution >= 0.6 is 0 Å². The molecule has 5 nitrogen and oxygen atoms in total. The van der Waals surface area contributed by atoms with Crippen LogP contribution in [0.5, 0.6) is 0 Å². The van der Waals surface area contributed by atoms with Gasteiger partial charge in [0.25, 0.3) is 0 Å². The summed E-state index contributed by atoms with van der Waals surface area (Å²) >= 11 is 0. The van der Waals surface area contributed by atoms with Crippen molar-refractivity contribution in [3.8, 4) is 0 Å². The minimum atomic E-state index is -0.340. The molecule has 1 aromatic carbocycles. The molecular weight excluding hydrogens is 338 g/mol. The fourth-order valence-electron chi connectivity index (χ4n) is 3.62. The maximum atomic E-state index is 12.8. The maximum absolute atomic E-state index is 12.8. The van der Waals surface area contributed by atoms with E-state index in [1.807, 2.05) is 19.9 Å². The van der Waals surface area contributed by atoms with Crippen molar-refractivity contribution in [3.63, 3.8) is 0 Å². The molecule has 0 spiro atoms. The van der Waals surface area contributed by atoms with Crippen molar-refractivity contribution in [2.24, 2.45) is 5.10 Å². The third-order valence-electron chi connectivity index (χ3n) is 4.87. The Kier molecular flexibility index (Phi) is 5.31. The van der Waals surface area contributed by atoms with Crippen LogP contribution in [0.4, 0.5) is 0 Å². The molecule has 5 heteroatoms. The average molecular weight is 365 g/mol. The van der Waals surface area contributed by atoms with Gasteiger partial charge in [-0.15, -0.1) is 0 Å². The summed E-state index contributed by atoms with van der Waals surface area (Å²) in [6, 6.07) is 11.5. The monoisotopic (exact) mass is 365 g/mol. The molecule has 1 aromatic heterocycles. The standard InChI is InChI=1S/C22H27N3O2/c1-16-12-17(2)14-18(13-16)19-15-22(3,4)25(23-19)21(27)9-7-11-24-10-6-5-8-20(24)26/h5-6,8,10,12-14H,7,9,11,15H2,1-4H3. The smallest absolute Gasteiger partial charge is 0.250 e. The molecular formula is C22H27N3O2. The van der Waals surface area contributed by atoms with Crippen LogP contribution in [0.3, 0.4) is 0 Å². The van der Waals surface area contributed by atoms with Crippen molar-refractivity contribution < 1.29 is 4.79 Å². The van der Waals surface area contributed by atoms with E-state index in [1.165, 1.54) is 17.2 Å². The first-order chi connectivity index (χ1) is 12.8. The van der Waals surface area contributed by atoms with Crippen LogP contribution in [0, 0.1) is 13.8 Å². The van der Waals surface area contributed by atoms with Gasteiger partial charge in [-0.25, -0.2) is 5.01 Å². The van der Waals surface area contributed by atoms with Gasteiger partial charge < -0.3 is 4.57 Å². The second-order valence-corrected chi connectivity index (χ2v) is 7.95. The molecule has 3 rings (SSSR count). The molecule has 0 fully saturated rings. The van der Waals surface area contributed by atoms with Gasteiger partial charge in [-0.05, 0) is 45.7 Å². The molecule has 0 aliphatic carbocycles. The molecule has 0 unspecified atom stereocenters. The second kappa shape index (κ2) is 7.51. The summed E-state index contributed by atoms with van der Waals surface area (Å²) in [5.41, 5.74) is 4.06. The molecule has 142 valence electrons.